The van der Waals surface area contributed by atoms with Crippen LogP contribution in [0.15, 0.2) is 53.5 Å². The van der Waals surface area contributed by atoms with Gasteiger partial charge in [0.2, 0.25) is 0 Å². The summed E-state index contributed by atoms with van der Waals surface area (Å²) in [6.45, 7) is 9.52. The highest BCUT2D eigenvalue weighted by Crippen LogP contribution is 2.41. The number of amides is 1. The maximum atomic E-state index is 14.4. The average molecular weight is 522 g/mol. The molecular weight excluding hydrogens is 492 g/mol. The van der Waals surface area contributed by atoms with E-state index in [1.54, 1.807) is 12.3 Å². The fourth-order valence-electron chi connectivity index (χ4n) is 4.86. The molecule has 3 N–H and O–H groups in total. The number of hydrogen-bond acceptors (Lipinski definition) is 6. The second kappa shape index (κ2) is 9.32. The Hall–Kier alpha value is -4.12. The molecule has 9 nitrogen and oxygen atoms in total. The molecule has 3 heterocycles. The molecule has 0 radical (unpaired) electrons. The van der Waals surface area contributed by atoms with Crippen LogP contribution in [0.4, 0.5) is 20.2 Å². The SMILES string of the molecule is CC(C)n1ncc2c(N3C[C@H](N)C(C)(C)C3)c(NC(=O)c3ccc(=O)n(-c4c(F)cccc4F)n3)ccc21. The molecule has 2 aromatic carbocycles. The number of para-hydroxylation sites is 1. The fourth-order valence-corrected chi connectivity index (χ4v) is 4.86. The number of hydrogen-bond donors (Lipinski definition) is 2. The Bertz CT molecular complexity index is 1590. The van der Waals surface area contributed by atoms with Crippen molar-refractivity contribution < 1.29 is 13.6 Å². The van der Waals surface area contributed by atoms with E-state index in [9.17, 15) is 18.4 Å². The van der Waals surface area contributed by atoms with Crippen LogP contribution >= 0.6 is 0 Å². The van der Waals surface area contributed by atoms with Gasteiger partial charge in [-0.15, -0.1) is 0 Å². The summed E-state index contributed by atoms with van der Waals surface area (Å²) in [5.74, 6) is -2.59. The minimum atomic E-state index is -0.972. The Balaban J connectivity index is 1.57. The topological polar surface area (TPSA) is 111 Å². The molecule has 0 bridgehead atoms. The van der Waals surface area contributed by atoms with E-state index < -0.39 is 28.8 Å². The number of halogens is 2. The standard InChI is InChI=1S/C27H29F2N7O2/c1-15(2)35-21-10-8-19(24(16(21)12-31-35)34-13-22(30)27(3,4)14-34)32-26(38)20-9-11-23(37)36(33-20)25-17(28)6-5-7-18(25)29/h5-12,15,22H,13-14,30H2,1-4H3,(H,32,38)/t22-/m0/s1. The Labute approximate surface area is 217 Å². The van der Waals surface area contributed by atoms with Gasteiger partial charge in [0.25, 0.3) is 11.5 Å². The van der Waals surface area contributed by atoms with E-state index in [1.807, 2.05) is 24.6 Å². The van der Waals surface area contributed by atoms with Crippen LogP contribution < -0.4 is 21.5 Å². The lowest BCUT2D eigenvalue weighted by Gasteiger charge is -2.25. The summed E-state index contributed by atoms with van der Waals surface area (Å²) in [6.07, 6.45) is 1.77. The Morgan fingerprint density at radius 3 is 2.45 bits per heavy atom. The second-order valence-corrected chi connectivity index (χ2v) is 10.5. The van der Waals surface area contributed by atoms with Crippen LogP contribution in [0.25, 0.3) is 16.6 Å². The van der Waals surface area contributed by atoms with Crippen molar-refractivity contribution in [1.82, 2.24) is 19.6 Å². The molecular formula is C27H29F2N7O2. The average Bonchev–Trinajstić information content (AvgIpc) is 3.39. The molecule has 0 saturated carbocycles. The molecule has 1 saturated heterocycles. The minimum absolute atomic E-state index is 0.0812. The van der Waals surface area contributed by atoms with Crippen LogP contribution in [0, 0.1) is 17.0 Å². The van der Waals surface area contributed by atoms with E-state index in [-0.39, 0.29) is 23.2 Å². The Kier molecular flexibility index (Phi) is 6.26. The van der Waals surface area contributed by atoms with E-state index in [1.165, 1.54) is 12.1 Å². The number of benzene rings is 2. The molecule has 2 aromatic heterocycles. The molecule has 0 unspecified atom stereocenters. The minimum Gasteiger partial charge on any atom is -0.367 e. The molecule has 1 atom stereocenters. The molecule has 38 heavy (non-hydrogen) atoms. The summed E-state index contributed by atoms with van der Waals surface area (Å²) >= 11 is 0. The molecule has 1 aliphatic rings. The lowest BCUT2D eigenvalue weighted by Crippen LogP contribution is -2.35. The number of anilines is 2. The number of carbonyl (C=O) groups is 1. The first-order chi connectivity index (χ1) is 18.0. The van der Waals surface area contributed by atoms with Crippen molar-refractivity contribution in [2.24, 2.45) is 11.1 Å². The molecule has 5 rings (SSSR count). The molecule has 1 aliphatic heterocycles. The zero-order chi connectivity index (χ0) is 27.4. The normalized spacial score (nSPS) is 16.9. The Morgan fingerprint density at radius 2 is 1.82 bits per heavy atom. The molecule has 4 aromatic rings. The van der Waals surface area contributed by atoms with Gasteiger partial charge >= 0.3 is 0 Å². The summed E-state index contributed by atoms with van der Waals surface area (Å²) in [4.78, 5) is 27.9. The number of fused-ring (bicyclic) bond motifs is 1. The van der Waals surface area contributed by atoms with Gasteiger partial charge in [-0.2, -0.15) is 14.9 Å². The second-order valence-electron chi connectivity index (χ2n) is 10.5. The van der Waals surface area contributed by atoms with Crippen molar-refractivity contribution in [2.75, 3.05) is 23.3 Å². The van der Waals surface area contributed by atoms with Crippen molar-refractivity contribution in [1.29, 1.82) is 0 Å². The first-order valence-electron chi connectivity index (χ1n) is 12.3. The number of nitrogens with zero attached hydrogens (tertiary/aromatic N) is 5. The van der Waals surface area contributed by atoms with Crippen molar-refractivity contribution in [2.45, 2.75) is 39.8 Å². The number of aromatic nitrogens is 4. The monoisotopic (exact) mass is 521 g/mol. The van der Waals surface area contributed by atoms with Crippen molar-refractivity contribution in [3.8, 4) is 5.69 Å². The Morgan fingerprint density at radius 1 is 1.11 bits per heavy atom. The van der Waals surface area contributed by atoms with E-state index in [2.05, 4.69) is 34.3 Å². The van der Waals surface area contributed by atoms with E-state index in [4.69, 9.17) is 5.73 Å². The van der Waals surface area contributed by atoms with Gasteiger partial charge in [-0.05, 0) is 49.6 Å². The third kappa shape index (κ3) is 4.32. The van der Waals surface area contributed by atoms with Crippen LogP contribution in [0.5, 0.6) is 0 Å². The highest BCUT2D eigenvalue weighted by molar-refractivity contribution is 6.09. The van der Waals surface area contributed by atoms with E-state index in [0.29, 0.717) is 23.5 Å². The van der Waals surface area contributed by atoms with Crippen LogP contribution in [0.1, 0.15) is 44.2 Å². The van der Waals surface area contributed by atoms with Gasteiger partial charge in [0.05, 0.1) is 23.1 Å². The van der Waals surface area contributed by atoms with E-state index >= 15 is 0 Å². The van der Waals surface area contributed by atoms with Crippen LogP contribution in [0.2, 0.25) is 0 Å². The quantitative estimate of drug-likeness (QED) is 0.413. The van der Waals surface area contributed by atoms with Gasteiger partial charge < -0.3 is 16.0 Å². The first-order valence-corrected chi connectivity index (χ1v) is 12.3. The van der Waals surface area contributed by atoms with Gasteiger partial charge in [-0.3, -0.25) is 14.3 Å². The first kappa shape index (κ1) is 25.5. The summed E-state index contributed by atoms with van der Waals surface area (Å²) < 4.78 is 31.2. The number of rotatable bonds is 5. The molecule has 198 valence electrons. The zero-order valence-corrected chi connectivity index (χ0v) is 21.6. The van der Waals surface area contributed by atoms with Crippen LogP contribution in [-0.4, -0.2) is 44.6 Å². The smallest absolute Gasteiger partial charge is 0.276 e. The van der Waals surface area contributed by atoms with Gasteiger partial charge in [0.1, 0.15) is 11.4 Å². The van der Waals surface area contributed by atoms with E-state index in [0.717, 1.165) is 34.8 Å². The lowest BCUT2D eigenvalue weighted by molar-refractivity contribution is 0.102. The summed E-state index contributed by atoms with van der Waals surface area (Å²) in [7, 11) is 0. The summed E-state index contributed by atoms with van der Waals surface area (Å²) in [6, 6.07) is 9.19. The molecule has 0 spiro atoms. The molecule has 0 aliphatic carbocycles. The fraction of sp³-hybridized carbons (Fsp3) is 0.333. The maximum absolute atomic E-state index is 14.4. The van der Waals surface area contributed by atoms with Gasteiger partial charge in [0.15, 0.2) is 11.6 Å². The van der Waals surface area contributed by atoms with Crippen LogP contribution in [-0.2, 0) is 0 Å². The highest BCUT2D eigenvalue weighted by Gasteiger charge is 2.38. The highest BCUT2D eigenvalue weighted by atomic mass is 19.1. The maximum Gasteiger partial charge on any atom is 0.276 e. The summed E-state index contributed by atoms with van der Waals surface area (Å²) in [5, 5.41) is 12.3. The molecule has 1 amide bonds. The van der Waals surface area contributed by atoms with Crippen molar-refractivity contribution >= 4 is 28.2 Å². The van der Waals surface area contributed by atoms with Gasteiger partial charge in [-0.25, -0.2) is 8.78 Å². The summed E-state index contributed by atoms with van der Waals surface area (Å²) in [5.41, 5.74) is 6.86. The van der Waals surface area contributed by atoms with Crippen LogP contribution in [0.3, 0.4) is 0 Å². The van der Waals surface area contributed by atoms with Crippen molar-refractivity contribution in [3.05, 3.63) is 76.3 Å². The molecule has 11 heteroatoms. The number of carbonyl (C=O) groups excluding carboxylic acids is 1. The van der Waals surface area contributed by atoms with Gasteiger partial charge in [0, 0.05) is 36.6 Å². The molecule has 1 fully saturated rings. The lowest BCUT2D eigenvalue weighted by atomic mass is 9.89. The third-order valence-electron chi connectivity index (χ3n) is 7.01. The predicted molar refractivity (Wildman–Crippen MR) is 142 cm³/mol. The zero-order valence-electron chi connectivity index (χ0n) is 21.6. The van der Waals surface area contributed by atoms with Gasteiger partial charge in [-0.1, -0.05) is 19.9 Å². The predicted octanol–water partition coefficient (Wildman–Crippen LogP) is 3.87. The largest absolute Gasteiger partial charge is 0.367 e. The van der Waals surface area contributed by atoms with Crippen molar-refractivity contribution in [3.63, 3.8) is 0 Å². The third-order valence-corrected chi connectivity index (χ3v) is 7.01. The number of nitrogens with two attached hydrogens (primary N) is 1. The number of nitrogens with one attached hydrogen (secondary N) is 1.